The van der Waals surface area contributed by atoms with Gasteiger partial charge < -0.3 is 34.4 Å². The Morgan fingerprint density at radius 1 is 0.484 bits per heavy atom. The van der Waals surface area contributed by atoms with Crippen molar-refractivity contribution in [3.63, 3.8) is 0 Å². The van der Waals surface area contributed by atoms with Gasteiger partial charge in [-0.3, -0.25) is 23.2 Å². The number of unbranched alkanes of at least 4 members (excludes halogenated alkanes) is 7. The molecule has 1 unspecified atom stereocenters. The lowest BCUT2D eigenvalue weighted by Crippen LogP contribution is -2.29. The summed E-state index contributed by atoms with van der Waals surface area (Å²) >= 11 is 0. The van der Waals surface area contributed by atoms with Gasteiger partial charge in [0.2, 0.25) is 0 Å². The lowest BCUT2D eigenvalue weighted by Gasteiger charge is -2.20. The third-order valence-corrected chi connectivity index (χ3v) is 10.1. The van der Waals surface area contributed by atoms with Crippen molar-refractivity contribution in [2.75, 3.05) is 33.0 Å². The molecule has 0 aromatic carbocycles. The topological polar surface area (TPSA) is 216 Å². The van der Waals surface area contributed by atoms with E-state index >= 15 is 0 Å². The Labute approximate surface area is 383 Å². The Morgan fingerprint density at radius 3 is 1.38 bits per heavy atom. The van der Waals surface area contributed by atoms with Gasteiger partial charge in [0, 0.05) is 19.4 Å². The molecule has 0 saturated carbocycles. The van der Waals surface area contributed by atoms with Gasteiger partial charge in [-0.25, -0.2) is 9.13 Å². The number of phosphoric acid groups is 2. The molecule has 0 rings (SSSR count). The highest BCUT2D eigenvalue weighted by Gasteiger charge is 2.28. The first-order valence-electron chi connectivity index (χ1n) is 22.7. The van der Waals surface area contributed by atoms with E-state index in [4.69, 9.17) is 28.9 Å². The second-order valence-corrected chi connectivity index (χ2v) is 17.4. The van der Waals surface area contributed by atoms with Crippen LogP contribution in [0.5, 0.6) is 0 Å². The van der Waals surface area contributed by atoms with Gasteiger partial charge in [0.25, 0.3) is 0 Å². The predicted octanol–water partition coefficient (Wildman–Crippen LogP) is 10.9. The van der Waals surface area contributed by atoms with E-state index in [0.717, 1.165) is 70.6 Å². The Balaban J connectivity index is 4.72. The summed E-state index contributed by atoms with van der Waals surface area (Å²) in [4.78, 5) is 52.7. The average molecular weight is 941 g/mol. The van der Waals surface area contributed by atoms with E-state index in [9.17, 15) is 28.7 Å². The number of phosphoric ester groups is 2. The van der Waals surface area contributed by atoms with Crippen molar-refractivity contribution in [3.05, 3.63) is 109 Å². The molecule has 0 aliphatic heterocycles. The number of esters is 2. The normalized spacial score (nSPS) is 14.9. The van der Waals surface area contributed by atoms with E-state index in [2.05, 4.69) is 95.0 Å². The maximum atomic E-state index is 12.6. The van der Waals surface area contributed by atoms with Crippen LogP contribution in [0.4, 0.5) is 0 Å². The molecule has 14 nitrogen and oxygen atoms in total. The molecule has 0 spiro atoms. The van der Waals surface area contributed by atoms with Crippen molar-refractivity contribution in [1.82, 2.24) is 0 Å². The van der Waals surface area contributed by atoms with Crippen LogP contribution in [-0.4, -0.2) is 82.1 Å². The number of rotatable bonds is 42. The van der Waals surface area contributed by atoms with Crippen molar-refractivity contribution >= 4 is 27.6 Å². The zero-order valence-electron chi connectivity index (χ0n) is 38.0. The maximum Gasteiger partial charge on any atom is 0.472 e. The Kier molecular flexibility index (Phi) is 41.4. The first-order chi connectivity index (χ1) is 30.9. The van der Waals surface area contributed by atoms with Gasteiger partial charge in [-0.1, -0.05) is 136 Å². The summed E-state index contributed by atoms with van der Waals surface area (Å²) in [6.07, 6.45) is 51.1. The first kappa shape index (κ1) is 60.7. The summed E-state index contributed by atoms with van der Waals surface area (Å²) in [5.41, 5.74) is 0. The number of aliphatic hydroxyl groups excluding tert-OH is 2. The average Bonchev–Trinajstić information content (AvgIpc) is 3.26. The van der Waals surface area contributed by atoms with Gasteiger partial charge >= 0.3 is 27.6 Å². The highest BCUT2D eigenvalue weighted by atomic mass is 31.2. The van der Waals surface area contributed by atoms with E-state index in [1.807, 2.05) is 30.4 Å². The lowest BCUT2D eigenvalue weighted by atomic mass is 10.2. The van der Waals surface area contributed by atoms with Crippen LogP contribution < -0.4 is 0 Å². The van der Waals surface area contributed by atoms with Crippen molar-refractivity contribution in [2.24, 2.45) is 0 Å². The van der Waals surface area contributed by atoms with Crippen molar-refractivity contribution in [3.8, 4) is 0 Å². The molecule has 0 aromatic rings. The summed E-state index contributed by atoms with van der Waals surface area (Å²) in [7, 11) is -9.74. The van der Waals surface area contributed by atoms with Crippen LogP contribution in [0, 0.1) is 0 Å². The number of carbonyl (C=O) groups is 2. The molecule has 16 heteroatoms. The standard InChI is InChI=1S/C48H78O14P2/c1-2-3-4-5-6-7-8-9-10-11-12-14-18-21-24-27-30-33-36-39-48(52)62-46(44-61-64(56,57)60-42-45(50)41-59-63(53,54)55)43-58-47(51)38-35-32-29-26-23-20-17-15-13-16-19-22-25-28-31-34-37-40-49/h6-7,9-10,12-14,16-17,20-22,24-26,29-30,33,45-46,49-50H,2-5,8,11,15,18-19,23,27-28,31-32,34-44H2,1H3,(H,56,57)(H2,53,54,55)/b7-6-,10-9-,14-12-,16-13-,20-17-,24-21-,25-22-,29-26-,33-30-/t45-,46+/m0/s1. The number of carbonyl (C=O) groups excluding carboxylic acids is 2. The minimum absolute atomic E-state index is 0.0157. The van der Waals surface area contributed by atoms with E-state index in [0.29, 0.717) is 25.7 Å². The molecular weight excluding hydrogens is 862 g/mol. The molecule has 3 atom stereocenters. The molecule has 0 saturated heterocycles. The summed E-state index contributed by atoms with van der Waals surface area (Å²) < 4.78 is 47.6. The van der Waals surface area contributed by atoms with Crippen LogP contribution in [0.25, 0.3) is 0 Å². The second-order valence-electron chi connectivity index (χ2n) is 14.7. The number of hydrogen-bond donors (Lipinski definition) is 5. The SMILES string of the molecule is CCCCC/C=C\C/C=C\C/C=C\C/C=C\C/C=C\CCC(=O)O[C@H](COC(=O)CCC/C=C\C/C=C\C/C=C\C/C=C\CCCCCO)COP(=O)(O)OC[C@@H](O)COP(=O)(O)O. The fraction of sp³-hybridized carbons (Fsp3) is 0.583. The summed E-state index contributed by atoms with van der Waals surface area (Å²) in [6.45, 7) is -0.430. The smallest absolute Gasteiger partial charge is 0.462 e. The minimum atomic E-state index is -4.89. The molecule has 0 aromatic heterocycles. The molecule has 64 heavy (non-hydrogen) atoms. The zero-order valence-corrected chi connectivity index (χ0v) is 39.8. The van der Waals surface area contributed by atoms with Crippen molar-refractivity contribution in [2.45, 2.75) is 148 Å². The van der Waals surface area contributed by atoms with Gasteiger partial charge in [-0.05, 0) is 96.3 Å². The minimum Gasteiger partial charge on any atom is -0.462 e. The summed E-state index contributed by atoms with van der Waals surface area (Å²) in [6, 6.07) is 0. The van der Waals surface area contributed by atoms with Crippen LogP contribution >= 0.6 is 15.6 Å². The van der Waals surface area contributed by atoms with Gasteiger partial charge in [-0.15, -0.1) is 0 Å². The highest BCUT2D eigenvalue weighted by Crippen LogP contribution is 2.43. The molecule has 0 bridgehead atoms. The van der Waals surface area contributed by atoms with E-state index in [1.54, 1.807) is 0 Å². The third-order valence-electron chi connectivity index (χ3n) is 8.69. The molecule has 0 amide bonds. The lowest BCUT2D eigenvalue weighted by molar-refractivity contribution is -0.161. The largest absolute Gasteiger partial charge is 0.472 e. The van der Waals surface area contributed by atoms with Crippen LogP contribution in [0.2, 0.25) is 0 Å². The summed E-state index contributed by atoms with van der Waals surface area (Å²) in [5, 5.41) is 18.5. The molecule has 0 heterocycles. The third kappa shape index (κ3) is 46.7. The number of allylic oxidation sites excluding steroid dienone is 18. The van der Waals surface area contributed by atoms with Crippen LogP contribution in [0.3, 0.4) is 0 Å². The number of aliphatic hydroxyl groups is 2. The monoisotopic (exact) mass is 940 g/mol. The van der Waals surface area contributed by atoms with Crippen LogP contribution in [0.15, 0.2) is 109 Å². The zero-order chi connectivity index (χ0) is 47.3. The number of hydrogen-bond acceptors (Lipinski definition) is 11. The Bertz CT molecular complexity index is 1540. The molecule has 5 N–H and O–H groups in total. The number of ether oxygens (including phenoxy) is 2. The predicted molar refractivity (Wildman–Crippen MR) is 254 cm³/mol. The molecular formula is C48H78O14P2. The molecule has 0 aliphatic carbocycles. The quantitative estimate of drug-likeness (QED) is 0.0167. The molecule has 0 aliphatic rings. The summed E-state index contributed by atoms with van der Waals surface area (Å²) in [5.74, 6) is -1.22. The maximum absolute atomic E-state index is 12.6. The Hall–Kier alpha value is -3.26. The molecule has 364 valence electrons. The Morgan fingerprint density at radius 2 is 0.906 bits per heavy atom. The fourth-order valence-corrected chi connectivity index (χ4v) is 6.40. The van der Waals surface area contributed by atoms with E-state index in [-0.39, 0.29) is 19.4 Å². The van der Waals surface area contributed by atoms with Gasteiger partial charge in [-0.2, -0.15) is 0 Å². The van der Waals surface area contributed by atoms with Crippen LogP contribution in [-0.2, 0) is 41.8 Å². The van der Waals surface area contributed by atoms with Crippen molar-refractivity contribution < 1.29 is 66.7 Å². The van der Waals surface area contributed by atoms with Crippen LogP contribution in [0.1, 0.15) is 135 Å². The van der Waals surface area contributed by atoms with Crippen molar-refractivity contribution in [1.29, 1.82) is 0 Å². The second kappa shape index (κ2) is 43.6. The molecule has 0 fully saturated rings. The van der Waals surface area contributed by atoms with Gasteiger partial charge in [0.15, 0.2) is 6.10 Å². The van der Waals surface area contributed by atoms with E-state index < -0.39 is 66.2 Å². The highest BCUT2D eigenvalue weighted by molar-refractivity contribution is 7.47. The van der Waals surface area contributed by atoms with Gasteiger partial charge in [0.05, 0.1) is 19.8 Å². The first-order valence-corrected chi connectivity index (χ1v) is 25.7. The van der Waals surface area contributed by atoms with E-state index in [1.165, 1.54) is 19.3 Å². The van der Waals surface area contributed by atoms with Gasteiger partial charge in [0.1, 0.15) is 12.7 Å². The molecule has 0 radical (unpaired) electrons. The fourth-order valence-electron chi connectivity index (χ4n) is 5.24.